The van der Waals surface area contributed by atoms with Crippen LogP contribution in [0.3, 0.4) is 0 Å². The Morgan fingerprint density at radius 2 is 2.10 bits per heavy atom. The first-order valence-corrected chi connectivity index (χ1v) is 6.77. The molecular weight excluding hydrogens is 291 g/mol. The third-order valence-corrected chi connectivity index (χ3v) is 3.26. The Hall–Kier alpha value is -2.09. The quantitative estimate of drug-likeness (QED) is 0.917. The number of nitrogens with zero attached hydrogens (tertiary/aromatic N) is 1. The van der Waals surface area contributed by atoms with Gasteiger partial charge in [0.15, 0.2) is 0 Å². The van der Waals surface area contributed by atoms with Gasteiger partial charge in [0.1, 0.15) is 18.2 Å². The van der Waals surface area contributed by atoms with Gasteiger partial charge in [-0.2, -0.15) is 5.26 Å². The van der Waals surface area contributed by atoms with Crippen LogP contribution in [0.15, 0.2) is 36.4 Å². The average molecular weight is 305 g/mol. The molecule has 21 heavy (non-hydrogen) atoms. The topological polar surface area (TPSA) is 45.0 Å². The molecule has 0 radical (unpaired) electrons. The van der Waals surface area contributed by atoms with Crippen LogP contribution in [0.1, 0.15) is 16.7 Å². The number of hydrogen-bond acceptors (Lipinski definition) is 3. The van der Waals surface area contributed by atoms with Gasteiger partial charge in [-0.15, -0.1) is 0 Å². The molecule has 108 valence electrons. The molecule has 0 spiro atoms. The van der Waals surface area contributed by atoms with Crippen molar-refractivity contribution in [3.63, 3.8) is 0 Å². The van der Waals surface area contributed by atoms with Crippen molar-refractivity contribution in [3.05, 3.63) is 63.9 Å². The van der Waals surface area contributed by atoms with E-state index in [1.54, 1.807) is 6.07 Å². The summed E-state index contributed by atoms with van der Waals surface area (Å²) in [5.74, 6) is 0.117. The summed E-state index contributed by atoms with van der Waals surface area (Å²) in [7, 11) is 1.82. The van der Waals surface area contributed by atoms with Gasteiger partial charge in [-0.05, 0) is 31.3 Å². The molecule has 3 nitrogen and oxygen atoms in total. The van der Waals surface area contributed by atoms with E-state index in [9.17, 15) is 4.39 Å². The van der Waals surface area contributed by atoms with Crippen LogP contribution in [-0.2, 0) is 13.2 Å². The highest BCUT2D eigenvalue weighted by atomic mass is 35.5. The van der Waals surface area contributed by atoms with Gasteiger partial charge in [0.25, 0.3) is 0 Å². The van der Waals surface area contributed by atoms with Gasteiger partial charge in [0.05, 0.1) is 16.7 Å². The van der Waals surface area contributed by atoms with Gasteiger partial charge < -0.3 is 10.1 Å². The first-order chi connectivity index (χ1) is 10.2. The van der Waals surface area contributed by atoms with E-state index in [-0.39, 0.29) is 6.61 Å². The largest absolute Gasteiger partial charge is 0.487 e. The van der Waals surface area contributed by atoms with Crippen molar-refractivity contribution >= 4 is 11.6 Å². The van der Waals surface area contributed by atoms with E-state index in [1.165, 1.54) is 18.2 Å². The van der Waals surface area contributed by atoms with Gasteiger partial charge >= 0.3 is 0 Å². The molecule has 0 bridgehead atoms. The first kappa shape index (κ1) is 15.3. The summed E-state index contributed by atoms with van der Waals surface area (Å²) in [5.41, 5.74) is 1.61. The van der Waals surface area contributed by atoms with Crippen molar-refractivity contribution in [1.29, 1.82) is 5.26 Å². The summed E-state index contributed by atoms with van der Waals surface area (Å²) >= 11 is 6.13. The lowest BCUT2D eigenvalue weighted by molar-refractivity contribution is 0.296. The van der Waals surface area contributed by atoms with Gasteiger partial charge in [-0.1, -0.05) is 23.7 Å². The number of para-hydroxylation sites is 1. The highest BCUT2D eigenvalue weighted by Gasteiger charge is 2.10. The molecule has 5 heteroatoms. The smallest absolute Gasteiger partial charge is 0.142 e. The lowest BCUT2D eigenvalue weighted by atomic mass is 10.1. The third-order valence-electron chi connectivity index (χ3n) is 2.96. The molecule has 2 aromatic carbocycles. The molecule has 0 heterocycles. The second-order valence-electron chi connectivity index (χ2n) is 4.47. The highest BCUT2D eigenvalue weighted by Crippen LogP contribution is 2.29. The summed E-state index contributed by atoms with van der Waals surface area (Å²) in [6, 6.07) is 11.6. The molecule has 0 unspecified atom stereocenters. The van der Waals surface area contributed by atoms with Crippen molar-refractivity contribution in [2.45, 2.75) is 13.2 Å². The highest BCUT2D eigenvalue weighted by molar-refractivity contribution is 6.32. The molecule has 2 rings (SSSR count). The third kappa shape index (κ3) is 3.72. The van der Waals surface area contributed by atoms with E-state index in [0.29, 0.717) is 28.4 Å². The molecule has 0 atom stereocenters. The van der Waals surface area contributed by atoms with Crippen molar-refractivity contribution < 1.29 is 9.13 Å². The number of ether oxygens (including phenoxy) is 1. The van der Waals surface area contributed by atoms with Crippen molar-refractivity contribution in [2.24, 2.45) is 0 Å². The number of rotatable bonds is 5. The zero-order chi connectivity index (χ0) is 15.2. The lowest BCUT2D eigenvalue weighted by Gasteiger charge is -2.13. The van der Waals surface area contributed by atoms with Crippen LogP contribution in [0.4, 0.5) is 4.39 Å². The predicted octanol–water partition coefficient (Wildman–Crippen LogP) is 3.65. The normalized spacial score (nSPS) is 10.2. The zero-order valence-electron chi connectivity index (χ0n) is 11.5. The first-order valence-electron chi connectivity index (χ1n) is 6.39. The van der Waals surface area contributed by atoms with Crippen LogP contribution in [-0.4, -0.2) is 7.05 Å². The fourth-order valence-corrected chi connectivity index (χ4v) is 2.20. The Labute approximate surface area is 127 Å². The summed E-state index contributed by atoms with van der Waals surface area (Å²) in [4.78, 5) is 0. The Morgan fingerprint density at radius 1 is 1.29 bits per heavy atom. The Kier molecular flexibility index (Phi) is 5.15. The molecule has 0 aliphatic heterocycles. The molecule has 0 aromatic heterocycles. The van der Waals surface area contributed by atoms with Crippen molar-refractivity contribution in [2.75, 3.05) is 7.05 Å². The maximum absolute atomic E-state index is 13.7. The number of nitriles is 1. The summed E-state index contributed by atoms with van der Waals surface area (Å²) < 4.78 is 19.4. The van der Waals surface area contributed by atoms with Crippen molar-refractivity contribution in [1.82, 2.24) is 5.32 Å². The van der Waals surface area contributed by atoms with Crippen LogP contribution in [0, 0.1) is 17.1 Å². The summed E-state index contributed by atoms with van der Waals surface area (Å²) in [6.45, 7) is 0.610. The van der Waals surface area contributed by atoms with Gasteiger partial charge in [0, 0.05) is 17.7 Å². The van der Waals surface area contributed by atoms with Crippen molar-refractivity contribution in [3.8, 4) is 11.8 Å². The maximum Gasteiger partial charge on any atom is 0.142 e. The van der Waals surface area contributed by atoms with Gasteiger partial charge in [-0.25, -0.2) is 4.39 Å². The van der Waals surface area contributed by atoms with E-state index in [4.69, 9.17) is 21.6 Å². The van der Waals surface area contributed by atoms with Crippen LogP contribution >= 0.6 is 11.6 Å². The molecule has 1 N–H and O–H groups in total. The maximum atomic E-state index is 13.7. The second kappa shape index (κ2) is 7.07. The molecule has 0 amide bonds. The van der Waals surface area contributed by atoms with E-state index in [0.717, 1.165) is 5.56 Å². The molecule has 0 aliphatic carbocycles. The van der Waals surface area contributed by atoms with E-state index < -0.39 is 5.82 Å². The molecule has 0 saturated heterocycles. The Balaban J connectivity index is 2.22. The zero-order valence-corrected chi connectivity index (χ0v) is 12.2. The average Bonchev–Trinajstić information content (AvgIpc) is 2.48. The minimum absolute atomic E-state index is 0.0157. The molecule has 0 fully saturated rings. The number of halogens is 2. The van der Waals surface area contributed by atoms with Crippen LogP contribution in [0.2, 0.25) is 5.02 Å². The minimum atomic E-state index is -0.406. The molecular formula is C16H14ClFN2O. The SMILES string of the molecule is CNCc1cccc(Cl)c1OCc1cc(C#N)ccc1F. The van der Waals surface area contributed by atoms with Gasteiger partial charge in [0.2, 0.25) is 0 Å². The molecule has 2 aromatic rings. The fourth-order valence-electron chi connectivity index (χ4n) is 1.95. The van der Waals surface area contributed by atoms with Crippen LogP contribution in [0.25, 0.3) is 0 Å². The number of nitrogens with one attached hydrogen (secondary N) is 1. The summed E-state index contributed by atoms with van der Waals surface area (Å²) in [5, 5.41) is 12.3. The lowest BCUT2D eigenvalue weighted by Crippen LogP contribution is -2.08. The van der Waals surface area contributed by atoms with Crippen LogP contribution in [0.5, 0.6) is 5.75 Å². The predicted molar refractivity (Wildman–Crippen MR) is 79.7 cm³/mol. The second-order valence-corrected chi connectivity index (χ2v) is 4.87. The minimum Gasteiger partial charge on any atom is -0.487 e. The Bertz CT molecular complexity index is 682. The van der Waals surface area contributed by atoms with E-state index in [2.05, 4.69) is 5.32 Å². The standard InChI is InChI=1S/C16H14ClFN2O/c1-20-9-12-3-2-4-14(17)16(12)21-10-13-7-11(8-19)5-6-15(13)18/h2-7,20H,9-10H2,1H3. The fraction of sp³-hybridized carbons (Fsp3) is 0.188. The molecule has 0 aliphatic rings. The molecule has 0 saturated carbocycles. The monoisotopic (exact) mass is 304 g/mol. The van der Waals surface area contributed by atoms with E-state index >= 15 is 0 Å². The summed E-state index contributed by atoms with van der Waals surface area (Å²) in [6.07, 6.45) is 0. The van der Waals surface area contributed by atoms with Gasteiger partial charge in [-0.3, -0.25) is 0 Å². The van der Waals surface area contributed by atoms with E-state index in [1.807, 2.05) is 25.2 Å². The van der Waals surface area contributed by atoms with Crippen LogP contribution < -0.4 is 10.1 Å². The number of hydrogen-bond donors (Lipinski definition) is 1. The number of benzene rings is 2. The Morgan fingerprint density at radius 3 is 2.81 bits per heavy atom.